The second kappa shape index (κ2) is 12.7. The van der Waals surface area contributed by atoms with Gasteiger partial charge in [-0.25, -0.2) is 4.39 Å². The number of hydrogen-bond donors (Lipinski definition) is 1. The van der Waals surface area contributed by atoms with E-state index in [-0.39, 0.29) is 35.8 Å². The first-order valence-electron chi connectivity index (χ1n) is 10.3. The molecule has 0 spiro atoms. The quantitative estimate of drug-likeness (QED) is 0.341. The van der Waals surface area contributed by atoms with Crippen molar-refractivity contribution in [2.24, 2.45) is 10.9 Å². The van der Waals surface area contributed by atoms with Crippen LogP contribution in [0.3, 0.4) is 0 Å². The topological polar surface area (TPSA) is 49.3 Å². The predicted octanol–water partition coefficient (Wildman–Crippen LogP) is 2.75. The number of halogens is 2. The number of nitrogens with zero attached hydrogens (tertiary/aromatic N) is 3. The van der Waals surface area contributed by atoms with Crippen LogP contribution in [0.2, 0.25) is 0 Å². The van der Waals surface area contributed by atoms with E-state index in [1.807, 2.05) is 6.07 Å². The first-order chi connectivity index (χ1) is 13.7. The summed E-state index contributed by atoms with van der Waals surface area (Å²) in [6.07, 6.45) is 1.10. The van der Waals surface area contributed by atoms with Crippen molar-refractivity contribution < 1.29 is 13.9 Å². The van der Waals surface area contributed by atoms with Crippen molar-refractivity contribution in [3.8, 4) is 0 Å². The van der Waals surface area contributed by atoms with Crippen LogP contribution in [0.1, 0.15) is 24.9 Å². The smallest absolute Gasteiger partial charge is 0.193 e. The summed E-state index contributed by atoms with van der Waals surface area (Å²) in [6.45, 7) is 9.15. The largest absolute Gasteiger partial charge is 0.381 e. The summed E-state index contributed by atoms with van der Waals surface area (Å²) in [6, 6.07) is 6.92. The lowest BCUT2D eigenvalue weighted by atomic mass is 10.0. The molecule has 2 aliphatic rings. The first-order valence-corrected chi connectivity index (χ1v) is 10.3. The van der Waals surface area contributed by atoms with E-state index in [1.165, 1.54) is 6.07 Å². The number of hydrogen-bond acceptors (Lipinski definition) is 4. The lowest BCUT2D eigenvalue weighted by Gasteiger charge is -2.34. The summed E-state index contributed by atoms with van der Waals surface area (Å²) >= 11 is 0. The molecule has 29 heavy (non-hydrogen) atoms. The highest BCUT2D eigenvalue weighted by Gasteiger charge is 2.24. The van der Waals surface area contributed by atoms with E-state index in [0.717, 1.165) is 57.3 Å². The fourth-order valence-electron chi connectivity index (χ4n) is 3.88. The Balaban J connectivity index is 0.00000300. The van der Waals surface area contributed by atoms with Gasteiger partial charge in [-0.1, -0.05) is 12.1 Å². The van der Waals surface area contributed by atoms with Crippen molar-refractivity contribution in [2.45, 2.75) is 19.4 Å². The zero-order chi connectivity index (χ0) is 19.8. The van der Waals surface area contributed by atoms with Gasteiger partial charge in [-0.2, -0.15) is 0 Å². The van der Waals surface area contributed by atoms with E-state index in [4.69, 9.17) is 14.5 Å². The Bertz CT molecular complexity index is 637. The molecule has 0 aromatic heterocycles. The molecule has 2 fully saturated rings. The molecule has 1 aromatic rings. The molecule has 0 aliphatic carbocycles. The minimum atomic E-state index is -0.204. The maximum atomic E-state index is 13.9. The third-order valence-corrected chi connectivity index (χ3v) is 5.39. The molecule has 2 atom stereocenters. The lowest BCUT2D eigenvalue weighted by molar-refractivity contribution is 0.0179. The Kier molecular flexibility index (Phi) is 10.6. The number of benzene rings is 1. The van der Waals surface area contributed by atoms with Gasteiger partial charge in [-0.15, -0.1) is 24.0 Å². The monoisotopic (exact) mass is 520 g/mol. The van der Waals surface area contributed by atoms with Crippen LogP contribution in [-0.2, 0) is 9.47 Å². The fourth-order valence-corrected chi connectivity index (χ4v) is 3.88. The Morgan fingerprint density at radius 1 is 1.31 bits per heavy atom. The van der Waals surface area contributed by atoms with Crippen LogP contribution in [0, 0.1) is 11.7 Å². The van der Waals surface area contributed by atoms with Gasteiger partial charge >= 0.3 is 0 Å². The summed E-state index contributed by atoms with van der Waals surface area (Å²) in [7, 11) is 2.08. The van der Waals surface area contributed by atoms with Crippen molar-refractivity contribution in [3.05, 3.63) is 35.6 Å². The summed E-state index contributed by atoms with van der Waals surface area (Å²) in [5.74, 6) is 1.24. The molecule has 2 unspecified atom stereocenters. The van der Waals surface area contributed by atoms with E-state index >= 15 is 0 Å². The number of ether oxygens (including phenoxy) is 2. The minimum absolute atomic E-state index is 0. The van der Waals surface area contributed by atoms with Crippen LogP contribution in [-0.4, -0.2) is 82.0 Å². The van der Waals surface area contributed by atoms with Crippen LogP contribution in [0.25, 0.3) is 0 Å². The minimum Gasteiger partial charge on any atom is -0.381 e. The number of morpholine rings is 1. The average molecular weight is 520 g/mol. The Morgan fingerprint density at radius 2 is 2.10 bits per heavy atom. The molecule has 2 aliphatic heterocycles. The van der Waals surface area contributed by atoms with Gasteiger partial charge in [-0.3, -0.25) is 9.89 Å². The van der Waals surface area contributed by atoms with E-state index in [1.54, 1.807) is 12.1 Å². The van der Waals surface area contributed by atoms with Gasteiger partial charge < -0.3 is 19.7 Å². The maximum Gasteiger partial charge on any atom is 0.193 e. The second-order valence-electron chi connectivity index (χ2n) is 7.52. The zero-order valence-electron chi connectivity index (χ0n) is 17.5. The highest BCUT2D eigenvalue weighted by molar-refractivity contribution is 14.0. The Morgan fingerprint density at radius 3 is 2.76 bits per heavy atom. The number of rotatable bonds is 7. The molecular weight excluding hydrogens is 486 g/mol. The van der Waals surface area contributed by atoms with Gasteiger partial charge in [0.1, 0.15) is 5.82 Å². The lowest BCUT2D eigenvalue weighted by Crippen LogP contribution is -2.43. The normalized spacial score (nSPS) is 21.5. The summed E-state index contributed by atoms with van der Waals surface area (Å²) in [5, 5.41) is 3.40. The standard InChI is InChI=1S/C21H33FN4O2.HI/c1-3-23-21(25(2)15-17-7-10-28-16-17)24-14-20(26-8-11-27-12-9-26)18-5-4-6-19(22)13-18;/h4-6,13,17,20H,3,7-12,14-16H2,1-2H3,(H,23,24);1H. The van der Waals surface area contributed by atoms with Gasteiger partial charge in [0, 0.05) is 45.8 Å². The van der Waals surface area contributed by atoms with E-state index in [0.29, 0.717) is 25.7 Å². The highest BCUT2D eigenvalue weighted by atomic mass is 127. The van der Waals surface area contributed by atoms with Gasteiger partial charge in [0.05, 0.1) is 32.4 Å². The third-order valence-electron chi connectivity index (χ3n) is 5.39. The van der Waals surface area contributed by atoms with Crippen molar-refractivity contribution in [1.82, 2.24) is 15.1 Å². The molecule has 0 saturated carbocycles. The SMILES string of the molecule is CCNC(=NCC(c1cccc(F)c1)N1CCOCC1)N(C)CC1CCOC1.I. The summed E-state index contributed by atoms with van der Waals surface area (Å²) in [5.41, 5.74) is 0.966. The second-order valence-corrected chi connectivity index (χ2v) is 7.52. The van der Waals surface area contributed by atoms with Gasteiger partial charge in [0.15, 0.2) is 5.96 Å². The molecule has 2 heterocycles. The fraction of sp³-hybridized carbons (Fsp3) is 0.667. The molecule has 6 nitrogen and oxygen atoms in total. The summed E-state index contributed by atoms with van der Waals surface area (Å²) in [4.78, 5) is 9.45. The van der Waals surface area contributed by atoms with Gasteiger partial charge in [-0.05, 0) is 31.0 Å². The number of aliphatic imine (C=N–C) groups is 1. The van der Waals surface area contributed by atoms with E-state index in [9.17, 15) is 4.39 Å². The van der Waals surface area contributed by atoms with Crippen molar-refractivity contribution in [1.29, 1.82) is 0 Å². The molecule has 8 heteroatoms. The maximum absolute atomic E-state index is 13.9. The van der Waals surface area contributed by atoms with Gasteiger partial charge in [0.2, 0.25) is 0 Å². The van der Waals surface area contributed by atoms with Crippen molar-refractivity contribution >= 4 is 29.9 Å². The summed E-state index contributed by atoms with van der Waals surface area (Å²) < 4.78 is 24.9. The zero-order valence-corrected chi connectivity index (χ0v) is 19.8. The Hall–Kier alpha value is -0.970. The van der Waals surface area contributed by atoms with Gasteiger partial charge in [0.25, 0.3) is 0 Å². The Labute approximate surface area is 190 Å². The molecule has 1 aromatic carbocycles. The first kappa shape index (κ1) is 24.3. The van der Waals surface area contributed by atoms with Crippen LogP contribution in [0.15, 0.2) is 29.3 Å². The molecule has 0 bridgehead atoms. The van der Waals surface area contributed by atoms with Crippen molar-refractivity contribution in [3.63, 3.8) is 0 Å². The van der Waals surface area contributed by atoms with E-state index in [2.05, 4.69) is 29.1 Å². The molecule has 0 radical (unpaired) electrons. The molecule has 164 valence electrons. The molecule has 0 amide bonds. The average Bonchev–Trinajstić information content (AvgIpc) is 3.21. The van der Waals surface area contributed by atoms with Crippen LogP contribution >= 0.6 is 24.0 Å². The van der Waals surface area contributed by atoms with Crippen molar-refractivity contribution in [2.75, 3.05) is 66.2 Å². The third kappa shape index (κ3) is 7.34. The highest BCUT2D eigenvalue weighted by Crippen LogP contribution is 2.23. The molecular formula is C21H34FIN4O2. The van der Waals surface area contributed by atoms with Crippen LogP contribution in [0.4, 0.5) is 4.39 Å². The van der Waals surface area contributed by atoms with Crippen LogP contribution < -0.4 is 5.32 Å². The predicted molar refractivity (Wildman–Crippen MR) is 124 cm³/mol. The molecule has 1 N–H and O–H groups in total. The van der Waals surface area contributed by atoms with E-state index < -0.39 is 0 Å². The number of guanidine groups is 1. The molecule has 2 saturated heterocycles. The molecule has 3 rings (SSSR count). The van der Waals surface area contributed by atoms with Crippen LogP contribution in [0.5, 0.6) is 0 Å². The number of nitrogens with one attached hydrogen (secondary N) is 1.